The van der Waals surface area contributed by atoms with Crippen molar-refractivity contribution in [2.75, 3.05) is 12.4 Å². The minimum Gasteiger partial charge on any atom is -0.497 e. The van der Waals surface area contributed by atoms with Crippen molar-refractivity contribution in [3.05, 3.63) is 60.7 Å². The van der Waals surface area contributed by atoms with Crippen molar-refractivity contribution in [1.82, 2.24) is 0 Å². The van der Waals surface area contributed by atoms with Gasteiger partial charge in [-0.1, -0.05) is 24.3 Å². The van der Waals surface area contributed by atoms with Gasteiger partial charge in [0.15, 0.2) is 0 Å². The third-order valence-electron chi connectivity index (χ3n) is 3.51. The second kappa shape index (κ2) is 5.91. The molecule has 2 N–H and O–H groups in total. The van der Waals surface area contributed by atoms with Gasteiger partial charge in [0.1, 0.15) is 10.6 Å². The molecule has 0 amide bonds. The quantitative estimate of drug-likeness (QED) is 0.711. The molecular weight excluding hydrogens is 314 g/mol. The molecule has 0 aromatic heterocycles. The number of benzene rings is 3. The van der Waals surface area contributed by atoms with E-state index in [1.165, 1.54) is 6.07 Å². The summed E-state index contributed by atoms with van der Waals surface area (Å²) in [5.41, 5.74) is 1.38. The average molecular weight is 329 g/mol. The average Bonchev–Trinajstić information content (AvgIpc) is 2.54. The maximum atomic E-state index is 11.6. The molecule has 3 aromatic carbocycles. The van der Waals surface area contributed by atoms with E-state index in [2.05, 4.69) is 5.32 Å². The van der Waals surface area contributed by atoms with E-state index in [-0.39, 0.29) is 4.90 Å². The molecule has 0 atom stereocenters. The Morgan fingerprint density at radius 1 is 0.957 bits per heavy atom. The fourth-order valence-electron chi connectivity index (χ4n) is 2.46. The van der Waals surface area contributed by atoms with Crippen LogP contribution in [0.1, 0.15) is 0 Å². The molecule has 6 heteroatoms. The first-order valence-electron chi connectivity index (χ1n) is 6.89. The van der Waals surface area contributed by atoms with Gasteiger partial charge in [0.2, 0.25) is 0 Å². The van der Waals surface area contributed by atoms with Gasteiger partial charge in [-0.05, 0) is 41.8 Å². The minimum atomic E-state index is -4.31. The molecule has 0 saturated heterocycles. The summed E-state index contributed by atoms with van der Waals surface area (Å²) in [6.45, 7) is 0. The Balaban J connectivity index is 2.13. The van der Waals surface area contributed by atoms with E-state index in [4.69, 9.17) is 4.74 Å². The molecule has 3 aromatic rings. The Morgan fingerprint density at radius 2 is 1.61 bits per heavy atom. The van der Waals surface area contributed by atoms with Gasteiger partial charge in [-0.2, -0.15) is 8.42 Å². The molecule has 118 valence electrons. The first-order valence-corrected chi connectivity index (χ1v) is 8.33. The number of nitrogens with one attached hydrogen (secondary N) is 1. The van der Waals surface area contributed by atoms with Gasteiger partial charge in [-0.3, -0.25) is 4.55 Å². The number of anilines is 2. The summed E-state index contributed by atoms with van der Waals surface area (Å²) in [4.78, 5) is -0.119. The van der Waals surface area contributed by atoms with E-state index in [0.717, 1.165) is 16.8 Å². The highest BCUT2D eigenvalue weighted by molar-refractivity contribution is 7.86. The zero-order valence-corrected chi connectivity index (χ0v) is 13.2. The normalized spacial score (nSPS) is 11.4. The maximum Gasteiger partial charge on any atom is 0.295 e. The van der Waals surface area contributed by atoms with Gasteiger partial charge in [0.25, 0.3) is 10.1 Å². The van der Waals surface area contributed by atoms with Crippen molar-refractivity contribution in [1.29, 1.82) is 0 Å². The largest absolute Gasteiger partial charge is 0.497 e. The molecule has 0 spiro atoms. The molecule has 0 fully saturated rings. The van der Waals surface area contributed by atoms with Gasteiger partial charge < -0.3 is 10.1 Å². The number of hydrogen-bond donors (Lipinski definition) is 2. The molecule has 3 rings (SSSR count). The van der Waals surface area contributed by atoms with Crippen LogP contribution in [0, 0.1) is 0 Å². The highest BCUT2D eigenvalue weighted by Crippen LogP contribution is 2.32. The van der Waals surface area contributed by atoms with Crippen LogP contribution in [-0.4, -0.2) is 20.1 Å². The first kappa shape index (κ1) is 15.3. The van der Waals surface area contributed by atoms with Crippen molar-refractivity contribution in [2.24, 2.45) is 0 Å². The second-order valence-electron chi connectivity index (χ2n) is 4.99. The molecule has 0 aliphatic carbocycles. The van der Waals surface area contributed by atoms with E-state index < -0.39 is 10.1 Å². The molecule has 0 bridgehead atoms. The fraction of sp³-hybridized carbons (Fsp3) is 0.0588. The number of hydrogen-bond acceptors (Lipinski definition) is 4. The van der Waals surface area contributed by atoms with Crippen LogP contribution < -0.4 is 10.1 Å². The monoisotopic (exact) mass is 329 g/mol. The lowest BCUT2D eigenvalue weighted by Gasteiger charge is -2.12. The molecule has 0 unspecified atom stereocenters. The number of rotatable bonds is 4. The molecule has 0 heterocycles. The summed E-state index contributed by atoms with van der Waals surface area (Å²) in [6, 6.07) is 17.4. The number of ether oxygens (including phenoxy) is 1. The Kier molecular flexibility index (Phi) is 3.94. The van der Waals surface area contributed by atoms with E-state index in [9.17, 15) is 13.0 Å². The highest BCUT2D eigenvalue weighted by Gasteiger charge is 2.16. The van der Waals surface area contributed by atoms with Crippen LogP contribution in [0.25, 0.3) is 10.8 Å². The molecule has 0 radical (unpaired) electrons. The zero-order valence-electron chi connectivity index (χ0n) is 12.4. The van der Waals surface area contributed by atoms with Crippen LogP contribution in [0.2, 0.25) is 0 Å². The predicted molar refractivity (Wildman–Crippen MR) is 90.0 cm³/mol. The minimum absolute atomic E-state index is 0.119. The van der Waals surface area contributed by atoms with Crippen molar-refractivity contribution in [3.63, 3.8) is 0 Å². The SMILES string of the molecule is COc1ccc(Nc2cccc3cccc(S(=O)(=O)O)c23)cc1. The van der Waals surface area contributed by atoms with Gasteiger partial charge >= 0.3 is 0 Å². The molecule has 0 saturated carbocycles. The van der Waals surface area contributed by atoms with Crippen molar-refractivity contribution >= 4 is 32.3 Å². The fourth-order valence-corrected chi connectivity index (χ4v) is 3.19. The smallest absolute Gasteiger partial charge is 0.295 e. The van der Waals surface area contributed by atoms with Crippen molar-refractivity contribution in [3.8, 4) is 5.75 Å². The summed E-state index contributed by atoms with van der Waals surface area (Å²) in [5, 5.41) is 4.35. The molecule has 0 aliphatic heterocycles. The van der Waals surface area contributed by atoms with Crippen LogP contribution in [0.15, 0.2) is 65.6 Å². The van der Waals surface area contributed by atoms with Crippen LogP contribution in [0.4, 0.5) is 11.4 Å². The van der Waals surface area contributed by atoms with Crippen LogP contribution in [-0.2, 0) is 10.1 Å². The summed E-state index contributed by atoms with van der Waals surface area (Å²) >= 11 is 0. The lowest BCUT2D eigenvalue weighted by molar-refractivity contribution is 0.415. The number of methoxy groups -OCH3 is 1. The third kappa shape index (κ3) is 3.13. The molecule has 0 aliphatic rings. The van der Waals surface area contributed by atoms with Gasteiger partial charge in [0.05, 0.1) is 7.11 Å². The first-order chi connectivity index (χ1) is 11.0. The zero-order chi connectivity index (χ0) is 16.4. The Bertz CT molecular complexity index is 945. The molecule has 23 heavy (non-hydrogen) atoms. The summed E-state index contributed by atoms with van der Waals surface area (Å²) < 4.78 is 37.9. The summed E-state index contributed by atoms with van der Waals surface area (Å²) in [5.74, 6) is 0.729. The summed E-state index contributed by atoms with van der Waals surface area (Å²) in [7, 11) is -2.73. The van der Waals surface area contributed by atoms with Crippen LogP contribution in [0.5, 0.6) is 5.75 Å². The lowest BCUT2D eigenvalue weighted by atomic mass is 10.1. The number of fused-ring (bicyclic) bond motifs is 1. The molecular formula is C17H15NO4S. The standard InChI is InChI=1S/C17H15NO4S/c1-22-14-10-8-13(9-11-14)18-15-6-2-4-12-5-3-7-16(17(12)15)23(19,20)21/h2-11,18H,1H3,(H,19,20,21). The summed E-state index contributed by atoms with van der Waals surface area (Å²) in [6.07, 6.45) is 0. The Morgan fingerprint density at radius 3 is 2.22 bits per heavy atom. The second-order valence-corrected chi connectivity index (χ2v) is 6.38. The Labute approximate surface area is 134 Å². The topological polar surface area (TPSA) is 75.6 Å². The van der Waals surface area contributed by atoms with Crippen molar-refractivity contribution < 1.29 is 17.7 Å². The van der Waals surface area contributed by atoms with Gasteiger partial charge in [-0.15, -0.1) is 0 Å². The lowest BCUT2D eigenvalue weighted by Crippen LogP contribution is -2.01. The van der Waals surface area contributed by atoms with Crippen molar-refractivity contribution in [2.45, 2.75) is 4.90 Å². The maximum absolute atomic E-state index is 11.6. The van der Waals surface area contributed by atoms with E-state index >= 15 is 0 Å². The predicted octanol–water partition coefficient (Wildman–Crippen LogP) is 3.84. The van der Waals surface area contributed by atoms with E-state index in [1.54, 1.807) is 43.5 Å². The van der Waals surface area contributed by atoms with E-state index in [1.807, 2.05) is 18.2 Å². The van der Waals surface area contributed by atoms with Gasteiger partial charge in [0, 0.05) is 16.8 Å². The highest BCUT2D eigenvalue weighted by atomic mass is 32.2. The Hall–Kier alpha value is -2.57. The van der Waals surface area contributed by atoms with Gasteiger partial charge in [-0.25, -0.2) is 0 Å². The molecule has 5 nitrogen and oxygen atoms in total. The van der Waals surface area contributed by atoms with E-state index in [0.29, 0.717) is 11.1 Å². The third-order valence-corrected chi connectivity index (χ3v) is 4.41. The van der Waals surface area contributed by atoms with Crippen LogP contribution in [0.3, 0.4) is 0 Å². The van der Waals surface area contributed by atoms with Crippen LogP contribution >= 0.6 is 0 Å².